The van der Waals surface area contributed by atoms with Gasteiger partial charge in [-0.2, -0.15) is 0 Å². The molecule has 0 saturated carbocycles. The van der Waals surface area contributed by atoms with Crippen LogP contribution in [0, 0.1) is 5.92 Å². The zero-order valence-electron chi connectivity index (χ0n) is 11.1. The van der Waals surface area contributed by atoms with Crippen LogP contribution < -0.4 is 5.73 Å². The number of piperidine rings is 1. The first kappa shape index (κ1) is 12.6. The predicted octanol–water partition coefficient (Wildman–Crippen LogP) is 1.60. The van der Waals surface area contributed by atoms with Crippen LogP contribution in [0.2, 0.25) is 0 Å². The molecule has 0 radical (unpaired) electrons. The first-order valence-electron chi connectivity index (χ1n) is 6.90. The van der Waals surface area contributed by atoms with Gasteiger partial charge in [0.2, 0.25) is 0 Å². The van der Waals surface area contributed by atoms with Crippen LogP contribution in [0.15, 0.2) is 17.5 Å². The molecule has 3 rings (SSSR count). The summed E-state index contributed by atoms with van der Waals surface area (Å²) in [6.07, 6.45) is 2.56. The molecule has 1 aromatic rings. The maximum atomic E-state index is 6.20. The van der Waals surface area contributed by atoms with Crippen LogP contribution >= 0.6 is 11.3 Å². The molecule has 1 aromatic heterocycles. The van der Waals surface area contributed by atoms with E-state index in [4.69, 9.17) is 5.73 Å². The molecule has 18 heavy (non-hydrogen) atoms. The molecule has 2 bridgehead atoms. The Hall–Kier alpha value is -0.420. The number of fused-ring (bicyclic) bond motifs is 2. The van der Waals surface area contributed by atoms with Gasteiger partial charge in [-0.05, 0) is 50.3 Å². The number of rotatable bonds is 4. The average molecular weight is 265 g/mol. The van der Waals surface area contributed by atoms with Crippen LogP contribution in [0.5, 0.6) is 0 Å². The number of nitrogens with two attached hydrogens (primary N) is 1. The first-order chi connectivity index (χ1) is 8.74. The van der Waals surface area contributed by atoms with Crippen molar-refractivity contribution in [2.24, 2.45) is 11.7 Å². The van der Waals surface area contributed by atoms with E-state index in [1.165, 1.54) is 37.4 Å². The van der Waals surface area contributed by atoms with Crippen LogP contribution in [-0.2, 0) is 6.54 Å². The lowest BCUT2D eigenvalue weighted by atomic mass is 9.77. The number of nitrogens with zero attached hydrogens (tertiary/aromatic N) is 2. The summed E-state index contributed by atoms with van der Waals surface area (Å²) in [4.78, 5) is 6.58. The van der Waals surface area contributed by atoms with Gasteiger partial charge in [-0.1, -0.05) is 6.07 Å². The Morgan fingerprint density at radius 2 is 2.44 bits per heavy atom. The van der Waals surface area contributed by atoms with Gasteiger partial charge in [0.1, 0.15) is 0 Å². The van der Waals surface area contributed by atoms with E-state index < -0.39 is 0 Å². The summed E-state index contributed by atoms with van der Waals surface area (Å²) in [5.41, 5.74) is 6.43. The molecule has 0 amide bonds. The highest BCUT2D eigenvalue weighted by molar-refractivity contribution is 7.09. The smallest absolute Gasteiger partial charge is 0.0385 e. The van der Waals surface area contributed by atoms with Crippen LogP contribution in [0.3, 0.4) is 0 Å². The Labute approximate surface area is 114 Å². The summed E-state index contributed by atoms with van der Waals surface area (Å²) >= 11 is 1.85. The van der Waals surface area contributed by atoms with Gasteiger partial charge in [0.15, 0.2) is 0 Å². The molecule has 100 valence electrons. The third-order valence-electron chi connectivity index (χ3n) is 4.98. The number of hydrogen-bond donors (Lipinski definition) is 1. The van der Waals surface area contributed by atoms with Crippen molar-refractivity contribution in [3.05, 3.63) is 22.4 Å². The Bertz CT molecular complexity index is 392. The first-order valence-corrected chi connectivity index (χ1v) is 7.78. The number of likely N-dealkylation sites (N-methyl/N-ethyl adjacent to an activating group) is 1. The van der Waals surface area contributed by atoms with Crippen LogP contribution in [0.4, 0.5) is 0 Å². The van der Waals surface area contributed by atoms with Crippen molar-refractivity contribution in [2.75, 3.05) is 33.2 Å². The Balaban J connectivity index is 1.78. The second-order valence-electron chi connectivity index (χ2n) is 5.78. The Morgan fingerprint density at radius 1 is 1.56 bits per heavy atom. The highest BCUT2D eigenvalue weighted by atomic mass is 32.1. The Morgan fingerprint density at radius 3 is 3.17 bits per heavy atom. The lowest BCUT2D eigenvalue weighted by Crippen LogP contribution is -2.60. The van der Waals surface area contributed by atoms with Gasteiger partial charge in [0, 0.05) is 30.1 Å². The molecule has 3 atom stereocenters. The molecule has 3 unspecified atom stereocenters. The van der Waals surface area contributed by atoms with Crippen LogP contribution in [0.25, 0.3) is 0 Å². The second kappa shape index (κ2) is 4.93. The van der Waals surface area contributed by atoms with E-state index in [1.807, 2.05) is 11.3 Å². The highest BCUT2D eigenvalue weighted by Crippen LogP contribution is 2.39. The summed E-state index contributed by atoms with van der Waals surface area (Å²) in [6, 6.07) is 4.37. The molecule has 0 aliphatic carbocycles. The molecular formula is C14H23N3S. The Kier molecular flexibility index (Phi) is 3.45. The van der Waals surface area contributed by atoms with Crippen molar-refractivity contribution in [2.45, 2.75) is 24.9 Å². The van der Waals surface area contributed by atoms with Gasteiger partial charge >= 0.3 is 0 Å². The second-order valence-corrected chi connectivity index (χ2v) is 6.81. The SMILES string of the molecule is CN(Cc1cccs1)C1(CN)CCN2CCC1C2. The summed E-state index contributed by atoms with van der Waals surface area (Å²) < 4.78 is 0. The van der Waals surface area contributed by atoms with Gasteiger partial charge in [0.05, 0.1) is 0 Å². The fourth-order valence-electron chi connectivity index (χ4n) is 3.75. The summed E-state index contributed by atoms with van der Waals surface area (Å²) in [7, 11) is 2.26. The van der Waals surface area contributed by atoms with E-state index in [0.29, 0.717) is 0 Å². The van der Waals surface area contributed by atoms with E-state index in [0.717, 1.165) is 19.0 Å². The highest BCUT2D eigenvalue weighted by Gasteiger charge is 2.47. The van der Waals surface area contributed by atoms with Crippen LogP contribution in [-0.4, -0.2) is 48.6 Å². The normalized spacial score (nSPS) is 35.3. The molecular weight excluding hydrogens is 242 g/mol. The molecule has 2 fully saturated rings. The molecule has 4 heteroatoms. The zero-order valence-corrected chi connectivity index (χ0v) is 12.0. The molecule has 2 N–H and O–H groups in total. The van der Waals surface area contributed by atoms with E-state index in [9.17, 15) is 0 Å². The molecule has 0 spiro atoms. The molecule has 3 heterocycles. The number of hydrogen-bond acceptors (Lipinski definition) is 4. The van der Waals surface area contributed by atoms with Crippen molar-refractivity contribution in [3.63, 3.8) is 0 Å². The molecule has 2 saturated heterocycles. The number of thiophene rings is 1. The average Bonchev–Trinajstić information content (AvgIpc) is 3.01. The maximum absolute atomic E-state index is 6.20. The van der Waals surface area contributed by atoms with Gasteiger partial charge in [-0.25, -0.2) is 0 Å². The lowest BCUT2D eigenvalue weighted by Gasteiger charge is -2.48. The zero-order chi connectivity index (χ0) is 12.6. The maximum Gasteiger partial charge on any atom is 0.0385 e. The summed E-state index contributed by atoms with van der Waals surface area (Å²) in [5, 5.41) is 2.16. The minimum atomic E-state index is 0.233. The quantitative estimate of drug-likeness (QED) is 0.897. The third-order valence-corrected chi connectivity index (χ3v) is 5.84. The van der Waals surface area contributed by atoms with Gasteiger partial charge < -0.3 is 10.6 Å². The van der Waals surface area contributed by atoms with Gasteiger partial charge in [-0.3, -0.25) is 4.90 Å². The largest absolute Gasteiger partial charge is 0.329 e. The fourth-order valence-corrected chi connectivity index (χ4v) is 4.51. The monoisotopic (exact) mass is 265 g/mol. The predicted molar refractivity (Wildman–Crippen MR) is 76.7 cm³/mol. The fraction of sp³-hybridized carbons (Fsp3) is 0.714. The summed E-state index contributed by atoms with van der Waals surface area (Å²) in [6.45, 7) is 5.60. The van der Waals surface area contributed by atoms with Crippen molar-refractivity contribution in [1.29, 1.82) is 0 Å². The molecule has 2 aliphatic heterocycles. The van der Waals surface area contributed by atoms with E-state index in [1.54, 1.807) is 0 Å². The molecule has 2 aliphatic rings. The molecule has 3 nitrogen and oxygen atoms in total. The standard InChI is InChI=1S/C14H23N3S/c1-16(10-13-3-2-8-18-13)14(11-15)5-7-17-6-4-12(14)9-17/h2-3,8,12H,4-7,9-11,15H2,1H3. The van der Waals surface area contributed by atoms with Gasteiger partial charge in [0.25, 0.3) is 0 Å². The molecule has 0 aromatic carbocycles. The third kappa shape index (κ3) is 2.01. The summed E-state index contributed by atoms with van der Waals surface area (Å²) in [5.74, 6) is 0.765. The van der Waals surface area contributed by atoms with Crippen molar-refractivity contribution < 1.29 is 0 Å². The lowest BCUT2D eigenvalue weighted by molar-refractivity contribution is 0.0219. The van der Waals surface area contributed by atoms with Gasteiger partial charge in [-0.15, -0.1) is 11.3 Å². The minimum Gasteiger partial charge on any atom is -0.329 e. The minimum absolute atomic E-state index is 0.233. The van der Waals surface area contributed by atoms with Crippen molar-refractivity contribution >= 4 is 11.3 Å². The van der Waals surface area contributed by atoms with E-state index >= 15 is 0 Å². The topological polar surface area (TPSA) is 32.5 Å². The van der Waals surface area contributed by atoms with Crippen molar-refractivity contribution in [1.82, 2.24) is 9.80 Å². The van der Waals surface area contributed by atoms with E-state index in [2.05, 4.69) is 34.4 Å². The van der Waals surface area contributed by atoms with Crippen molar-refractivity contribution in [3.8, 4) is 0 Å². The van der Waals surface area contributed by atoms with Crippen LogP contribution in [0.1, 0.15) is 17.7 Å². The van der Waals surface area contributed by atoms with E-state index in [-0.39, 0.29) is 5.54 Å².